The number of ether oxygens (including phenoxy) is 1. The SMILES string of the molecule is C[C@H]1CC2(CCN1)OCC1(CC1)c1cc(Cl)sc12. The van der Waals surface area contributed by atoms with Crippen LogP contribution in [0.25, 0.3) is 0 Å². The molecule has 0 aromatic carbocycles. The summed E-state index contributed by atoms with van der Waals surface area (Å²) >= 11 is 8.04. The third-order valence-corrected chi connectivity index (χ3v) is 6.27. The van der Waals surface area contributed by atoms with Crippen molar-refractivity contribution >= 4 is 22.9 Å². The van der Waals surface area contributed by atoms with Crippen molar-refractivity contribution in [2.24, 2.45) is 0 Å². The van der Waals surface area contributed by atoms with E-state index in [0.29, 0.717) is 11.5 Å². The van der Waals surface area contributed by atoms with Gasteiger partial charge in [-0.1, -0.05) is 11.6 Å². The molecule has 0 bridgehead atoms. The molecule has 1 saturated carbocycles. The van der Waals surface area contributed by atoms with Crippen LogP contribution in [0, 0.1) is 0 Å². The molecule has 2 spiro atoms. The maximum atomic E-state index is 6.41. The summed E-state index contributed by atoms with van der Waals surface area (Å²) in [5.74, 6) is 0. The van der Waals surface area contributed by atoms with E-state index in [0.717, 1.165) is 30.3 Å². The second kappa shape index (κ2) is 3.72. The van der Waals surface area contributed by atoms with Crippen LogP contribution >= 0.6 is 22.9 Å². The van der Waals surface area contributed by atoms with Gasteiger partial charge in [-0.3, -0.25) is 0 Å². The Morgan fingerprint density at radius 3 is 3.00 bits per heavy atom. The van der Waals surface area contributed by atoms with E-state index < -0.39 is 0 Å². The first kappa shape index (κ1) is 11.7. The lowest BCUT2D eigenvalue weighted by Crippen LogP contribution is -2.49. The fourth-order valence-electron chi connectivity index (χ4n) is 3.60. The number of piperidine rings is 1. The average molecular weight is 284 g/mol. The van der Waals surface area contributed by atoms with Crippen LogP contribution in [0.4, 0.5) is 0 Å². The Balaban J connectivity index is 1.82. The highest BCUT2D eigenvalue weighted by atomic mass is 35.5. The van der Waals surface area contributed by atoms with Crippen molar-refractivity contribution in [3.8, 4) is 0 Å². The summed E-state index contributed by atoms with van der Waals surface area (Å²) < 4.78 is 7.34. The van der Waals surface area contributed by atoms with Crippen molar-refractivity contribution in [1.29, 1.82) is 0 Å². The van der Waals surface area contributed by atoms with Crippen molar-refractivity contribution < 1.29 is 4.74 Å². The lowest BCUT2D eigenvalue weighted by molar-refractivity contribution is -0.0970. The lowest BCUT2D eigenvalue weighted by atomic mass is 9.79. The summed E-state index contributed by atoms with van der Waals surface area (Å²) in [4.78, 5) is 1.43. The Labute approximate surface area is 117 Å². The van der Waals surface area contributed by atoms with E-state index in [-0.39, 0.29) is 5.60 Å². The summed E-state index contributed by atoms with van der Waals surface area (Å²) in [6, 6.07) is 2.74. The van der Waals surface area contributed by atoms with E-state index in [1.165, 1.54) is 23.3 Å². The molecule has 2 fully saturated rings. The smallest absolute Gasteiger partial charge is 0.105 e. The quantitative estimate of drug-likeness (QED) is 0.788. The fraction of sp³-hybridized carbons (Fsp3) is 0.714. The summed E-state index contributed by atoms with van der Waals surface area (Å²) in [5.41, 5.74) is 1.79. The number of fused-ring (bicyclic) bond motifs is 3. The van der Waals surface area contributed by atoms with Crippen LogP contribution in [-0.4, -0.2) is 19.2 Å². The summed E-state index contributed by atoms with van der Waals surface area (Å²) in [6.07, 6.45) is 4.71. The van der Waals surface area contributed by atoms with Crippen LogP contribution in [0.2, 0.25) is 4.34 Å². The number of hydrogen-bond acceptors (Lipinski definition) is 3. The van der Waals surface area contributed by atoms with E-state index in [1.807, 2.05) is 0 Å². The summed E-state index contributed by atoms with van der Waals surface area (Å²) in [7, 11) is 0. The molecule has 1 unspecified atom stereocenters. The molecule has 1 aliphatic carbocycles. The van der Waals surface area contributed by atoms with Crippen LogP contribution in [0.3, 0.4) is 0 Å². The molecule has 2 atom stereocenters. The van der Waals surface area contributed by atoms with E-state index in [4.69, 9.17) is 16.3 Å². The summed E-state index contributed by atoms with van der Waals surface area (Å²) in [6.45, 7) is 4.20. The minimum absolute atomic E-state index is 0.0500. The third-order valence-electron chi connectivity index (χ3n) is 4.82. The number of rotatable bonds is 0. The topological polar surface area (TPSA) is 21.3 Å². The average Bonchev–Trinajstić information content (AvgIpc) is 3.00. The first-order chi connectivity index (χ1) is 8.64. The van der Waals surface area contributed by atoms with E-state index in [2.05, 4.69) is 18.3 Å². The molecule has 4 rings (SSSR count). The van der Waals surface area contributed by atoms with Gasteiger partial charge in [0.2, 0.25) is 0 Å². The van der Waals surface area contributed by atoms with Crippen LogP contribution < -0.4 is 5.32 Å². The van der Waals surface area contributed by atoms with E-state index in [1.54, 1.807) is 11.3 Å². The predicted octanol–water partition coefficient (Wildman–Crippen LogP) is 3.43. The molecule has 3 heterocycles. The molecule has 1 N–H and O–H groups in total. The van der Waals surface area contributed by atoms with Gasteiger partial charge in [0.15, 0.2) is 0 Å². The zero-order chi connectivity index (χ0) is 12.4. The molecule has 0 radical (unpaired) electrons. The Kier molecular flexibility index (Phi) is 2.42. The van der Waals surface area contributed by atoms with Gasteiger partial charge in [-0.2, -0.15) is 0 Å². The molecular weight excluding hydrogens is 266 g/mol. The molecular formula is C14H18ClNOS. The molecule has 18 heavy (non-hydrogen) atoms. The van der Waals surface area contributed by atoms with Crippen LogP contribution in [-0.2, 0) is 15.8 Å². The van der Waals surface area contributed by atoms with Gasteiger partial charge < -0.3 is 10.1 Å². The standard InChI is InChI=1S/C14H18ClNOS/c1-9-7-14(4-5-16-9)12-10(6-11(15)18-12)13(2-3-13)8-17-14/h6,9,16H,2-5,7-8H2,1H3/t9-,14?/m0/s1. The van der Waals surface area contributed by atoms with E-state index in [9.17, 15) is 0 Å². The first-order valence-electron chi connectivity index (χ1n) is 6.81. The number of halogens is 1. The molecule has 4 heteroatoms. The zero-order valence-corrected chi connectivity index (χ0v) is 12.2. The van der Waals surface area contributed by atoms with Gasteiger partial charge in [-0.05, 0) is 50.8 Å². The maximum absolute atomic E-state index is 6.41. The Morgan fingerprint density at radius 2 is 2.28 bits per heavy atom. The van der Waals surface area contributed by atoms with Crippen molar-refractivity contribution in [1.82, 2.24) is 5.32 Å². The Morgan fingerprint density at radius 1 is 1.44 bits per heavy atom. The number of nitrogens with one attached hydrogen (secondary N) is 1. The lowest BCUT2D eigenvalue weighted by Gasteiger charge is -2.45. The van der Waals surface area contributed by atoms with Crippen molar-refractivity contribution in [2.45, 2.75) is 49.7 Å². The highest BCUT2D eigenvalue weighted by Gasteiger charge is 2.55. The molecule has 1 saturated heterocycles. The van der Waals surface area contributed by atoms with Crippen LogP contribution in [0.1, 0.15) is 43.0 Å². The molecule has 0 amide bonds. The van der Waals surface area contributed by atoms with Gasteiger partial charge in [-0.25, -0.2) is 0 Å². The maximum Gasteiger partial charge on any atom is 0.105 e. The number of thiophene rings is 1. The molecule has 2 nitrogen and oxygen atoms in total. The molecule has 2 aliphatic heterocycles. The van der Waals surface area contributed by atoms with Crippen molar-refractivity contribution in [2.75, 3.05) is 13.2 Å². The third kappa shape index (κ3) is 1.54. The first-order valence-corrected chi connectivity index (χ1v) is 8.01. The van der Waals surface area contributed by atoms with Gasteiger partial charge in [0.05, 0.1) is 10.9 Å². The fourth-order valence-corrected chi connectivity index (χ4v) is 5.13. The minimum Gasteiger partial charge on any atom is -0.368 e. The van der Waals surface area contributed by atoms with Gasteiger partial charge in [0, 0.05) is 16.3 Å². The normalized spacial score (nSPS) is 36.9. The Bertz CT molecular complexity index is 496. The van der Waals surface area contributed by atoms with E-state index >= 15 is 0 Å². The van der Waals surface area contributed by atoms with Crippen LogP contribution in [0.5, 0.6) is 0 Å². The van der Waals surface area contributed by atoms with Gasteiger partial charge >= 0.3 is 0 Å². The van der Waals surface area contributed by atoms with Gasteiger partial charge in [0.25, 0.3) is 0 Å². The Hall–Kier alpha value is -0.0900. The summed E-state index contributed by atoms with van der Waals surface area (Å²) in [5, 5.41) is 3.52. The largest absolute Gasteiger partial charge is 0.368 e. The second-order valence-electron chi connectivity index (χ2n) is 6.17. The predicted molar refractivity (Wildman–Crippen MR) is 74.6 cm³/mol. The van der Waals surface area contributed by atoms with Gasteiger partial charge in [-0.15, -0.1) is 11.3 Å². The highest BCUT2D eigenvalue weighted by Crippen LogP contribution is 2.59. The highest BCUT2D eigenvalue weighted by molar-refractivity contribution is 7.16. The van der Waals surface area contributed by atoms with Gasteiger partial charge in [0.1, 0.15) is 5.60 Å². The second-order valence-corrected chi connectivity index (χ2v) is 7.85. The molecule has 3 aliphatic rings. The van der Waals surface area contributed by atoms with Crippen molar-refractivity contribution in [3.63, 3.8) is 0 Å². The molecule has 1 aromatic rings. The minimum atomic E-state index is -0.0500. The molecule has 98 valence electrons. The molecule has 1 aromatic heterocycles. The zero-order valence-electron chi connectivity index (χ0n) is 10.6. The monoisotopic (exact) mass is 283 g/mol. The number of hydrogen-bond donors (Lipinski definition) is 1. The van der Waals surface area contributed by atoms with Crippen molar-refractivity contribution in [3.05, 3.63) is 20.8 Å². The van der Waals surface area contributed by atoms with Crippen LogP contribution in [0.15, 0.2) is 6.07 Å².